The molecule has 0 atom stereocenters. The van der Waals surface area contributed by atoms with Gasteiger partial charge in [-0.3, -0.25) is 0 Å². The molecule has 1 heterocycles. The fourth-order valence-corrected chi connectivity index (χ4v) is 3.34. The van der Waals surface area contributed by atoms with E-state index in [0.29, 0.717) is 18.0 Å². The van der Waals surface area contributed by atoms with Crippen LogP contribution in [0.5, 0.6) is 0 Å². The van der Waals surface area contributed by atoms with E-state index < -0.39 is 9.84 Å². The Morgan fingerprint density at radius 3 is 2.94 bits per heavy atom. The maximum absolute atomic E-state index is 11.0. The van der Waals surface area contributed by atoms with Crippen molar-refractivity contribution >= 4 is 48.1 Å². The van der Waals surface area contributed by atoms with Crippen molar-refractivity contribution in [2.75, 3.05) is 23.9 Å². The summed E-state index contributed by atoms with van der Waals surface area (Å²) in [7, 11) is -2.88. The third-order valence-corrected chi connectivity index (χ3v) is 4.56. The van der Waals surface area contributed by atoms with Gasteiger partial charge in [-0.2, -0.15) is 0 Å². The SMILES string of the molecule is CS(=O)(=O)CCCNc1nc2ccc(Cl)cc2s1. The maximum Gasteiger partial charge on any atom is 0.183 e. The molecule has 2 rings (SSSR count). The molecule has 0 radical (unpaired) electrons. The monoisotopic (exact) mass is 304 g/mol. The molecule has 1 aromatic heterocycles. The van der Waals surface area contributed by atoms with E-state index in [0.717, 1.165) is 15.3 Å². The summed E-state index contributed by atoms with van der Waals surface area (Å²) in [5.41, 5.74) is 0.898. The van der Waals surface area contributed by atoms with E-state index in [-0.39, 0.29) is 5.75 Å². The van der Waals surface area contributed by atoms with E-state index in [9.17, 15) is 8.42 Å². The molecule has 0 aliphatic rings. The number of aromatic nitrogens is 1. The van der Waals surface area contributed by atoms with Gasteiger partial charge < -0.3 is 5.32 Å². The third-order valence-electron chi connectivity index (χ3n) is 2.32. The lowest BCUT2D eigenvalue weighted by Gasteiger charge is -2.00. The average Bonchev–Trinajstić information content (AvgIpc) is 2.65. The van der Waals surface area contributed by atoms with Gasteiger partial charge in [0.15, 0.2) is 5.13 Å². The standard InChI is InChI=1S/C11H13ClN2O2S2/c1-18(15,16)6-2-5-13-11-14-9-4-3-8(12)7-10(9)17-11/h3-4,7H,2,5-6H2,1H3,(H,13,14). The molecule has 2 aromatic rings. The van der Waals surface area contributed by atoms with Gasteiger partial charge in [0.1, 0.15) is 9.84 Å². The van der Waals surface area contributed by atoms with Gasteiger partial charge in [0.25, 0.3) is 0 Å². The predicted octanol–water partition coefficient (Wildman–Crippen LogP) is 2.80. The molecule has 0 aliphatic carbocycles. The van der Waals surface area contributed by atoms with Crippen LogP contribution < -0.4 is 5.32 Å². The zero-order valence-electron chi connectivity index (χ0n) is 9.81. The van der Waals surface area contributed by atoms with Gasteiger partial charge >= 0.3 is 0 Å². The summed E-state index contributed by atoms with van der Waals surface area (Å²) < 4.78 is 23.0. The van der Waals surface area contributed by atoms with Gasteiger partial charge in [0, 0.05) is 17.8 Å². The van der Waals surface area contributed by atoms with Crippen molar-refractivity contribution < 1.29 is 8.42 Å². The molecule has 4 nitrogen and oxygen atoms in total. The number of thiazole rings is 1. The average molecular weight is 305 g/mol. The summed E-state index contributed by atoms with van der Waals surface area (Å²) >= 11 is 7.41. The van der Waals surface area contributed by atoms with E-state index in [1.54, 1.807) is 6.07 Å². The van der Waals surface area contributed by atoms with Crippen LogP contribution in [0.25, 0.3) is 10.2 Å². The molecule has 0 unspecified atom stereocenters. The lowest BCUT2D eigenvalue weighted by molar-refractivity contribution is 0.600. The summed E-state index contributed by atoms with van der Waals surface area (Å²) in [6.07, 6.45) is 1.82. The summed E-state index contributed by atoms with van der Waals surface area (Å²) in [5, 5.41) is 4.61. The fraction of sp³-hybridized carbons (Fsp3) is 0.364. The zero-order valence-corrected chi connectivity index (χ0v) is 12.2. The number of halogens is 1. The molecular weight excluding hydrogens is 292 g/mol. The van der Waals surface area contributed by atoms with Crippen LogP contribution in [0, 0.1) is 0 Å². The van der Waals surface area contributed by atoms with E-state index in [4.69, 9.17) is 11.6 Å². The van der Waals surface area contributed by atoms with Crippen LogP contribution in [-0.2, 0) is 9.84 Å². The third kappa shape index (κ3) is 3.83. The van der Waals surface area contributed by atoms with Gasteiger partial charge in [-0.15, -0.1) is 0 Å². The highest BCUT2D eigenvalue weighted by Gasteiger charge is 2.05. The summed E-state index contributed by atoms with van der Waals surface area (Å²) in [5.74, 6) is 0.191. The molecule has 0 saturated heterocycles. The van der Waals surface area contributed by atoms with Crippen LogP contribution in [0.15, 0.2) is 18.2 Å². The van der Waals surface area contributed by atoms with Crippen molar-refractivity contribution in [3.8, 4) is 0 Å². The molecule has 98 valence electrons. The topological polar surface area (TPSA) is 59.1 Å². The second kappa shape index (κ2) is 5.42. The van der Waals surface area contributed by atoms with Gasteiger partial charge in [0.2, 0.25) is 0 Å². The molecule has 0 saturated carbocycles. The smallest absolute Gasteiger partial charge is 0.183 e. The lowest BCUT2D eigenvalue weighted by atomic mass is 10.3. The molecular formula is C11H13ClN2O2S2. The molecule has 1 aromatic carbocycles. The summed E-state index contributed by atoms with van der Waals surface area (Å²) in [6, 6.07) is 5.54. The Labute approximate surface area is 115 Å². The minimum Gasteiger partial charge on any atom is -0.361 e. The number of fused-ring (bicyclic) bond motifs is 1. The molecule has 0 fully saturated rings. The van der Waals surface area contributed by atoms with E-state index in [2.05, 4.69) is 10.3 Å². The fourth-order valence-electron chi connectivity index (χ4n) is 1.50. The van der Waals surface area contributed by atoms with Crippen LogP contribution in [0.1, 0.15) is 6.42 Å². The number of anilines is 1. The zero-order chi connectivity index (χ0) is 13.2. The highest BCUT2D eigenvalue weighted by Crippen LogP contribution is 2.28. The highest BCUT2D eigenvalue weighted by molar-refractivity contribution is 7.90. The largest absolute Gasteiger partial charge is 0.361 e. The van der Waals surface area contributed by atoms with Gasteiger partial charge in [-0.05, 0) is 24.6 Å². The Kier molecular flexibility index (Phi) is 4.09. The minimum atomic E-state index is -2.88. The molecule has 0 aliphatic heterocycles. The van der Waals surface area contributed by atoms with Crippen molar-refractivity contribution in [1.29, 1.82) is 0 Å². The molecule has 7 heteroatoms. The first-order chi connectivity index (χ1) is 8.44. The number of hydrogen-bond donors (Lipinski definition) is 1. The van der Waals surface area contributed by atoms with E-state index in [1.165, 1.54) is 17.6 Å². The summed E-state index contributed by atoms with van der Waals surface area (Å²) in [6.45, 7) is 0.598. The van der Waals surface area contributed by atoms with E-state index in [1.807, 2.05) is 12.1 Å². The molecule has 0 spiro atoms. The van der Waals surface area contributed by atoms with Gasteiger partial charge in [0.05, 0.1) is 16.0 Å². The van der Waals surface area contributed by atoms with Crippen molar-refractivity contribution in [3.05, 3.63) is 23.2 Å². The van der Waals surface area contributed by atoms with Crippen LogP contribution in [-0.4, -0.2) is 32.0 Å². The predicted molar refractivity (Wildman–Crippen MR) is 77.4 cm³/mol. The number of sulfone groups is 1. The van der Waals surface area contributed by atoms with Crippen LogP contribution >= 0.6 is 22.9 Å². The van der Waals surface area contributed by atoms with Crippen LogP contribution in [0.4, 0.5) is 5.13 Å². The van der Waals surface area contributed by atoms with Crippen molar-refractivity contribution in [2.45, 2.75) is 6.42 Å². The molecule has 1 N–H and O–H groups in total. The van der Waals surface area contributed by atoms with Crippen LogP contribution in [0.3, 0.4) is 0 Å². The number of rotatable bonds is 5. The van der Waals surface area contributed by atoms with E-state index >= 15 is 0 Å². The second-order valence-corrected chi connectivity index (χ2v) is 7.77. The first kappa shape index (κ1) is 13.6. The van der Waals surface area contributed by atoms with Crippen molar-refractivity contribution in [2.24, 2.45) is 0 Å². The van der Waals surface area contributed by atoms with Gasteiger partial charge in [-0.25, -0.2) is 13.4 Å². The Balaban J connectivity index is 1.96. The highest BCUT2D eigenvalue weighted by atomic mass is 35.5. The van der Waals surface area contributed by atoms with Crippen LogP contribution in [0.2, 0.25) is 5.02 Å². The molecule has 0 amide bonds. The Bertz CT molecular complexity index is 652. The van der Waals surface area contributed by atoms with Crippen molar-refractivity contribution in [1.82, 2.24) is 4.98 Å². The first-order valence-corrected chi connectivity index (χ1v) is 8.67. The number of hydrogen-bond acceptors (Lipinski definition) is 5. The Hall–Kier alpha value is -0.850. The lowest BCUT2D eigenvalue weighted by Crippen LogP contribution is -2.09. The first-order valence-electron chi connectivity index (χ1n) is 5.42. The minimum absolute atomic E-state index is 0.191. The summed E-state index contributed by atoms with van der Waals surface area (Å²) in [4.78, 5) is 4.39. The molecule has 0 bridgehead atoms. The number of nitrogens with one attached hydrogen (secondary N) is 1. The van der Waals surface area contributed by atoms with Crippen molar-refractivity contribution in [3.63, 3.8) is 0 Å². The number of nitrogens with zero attached hydrogens (tertiary/aromatic N) is 1. The number of benzene rings is 1. The molecule has 18 heavy (non-hydrogen) atoms. The maximum atomic E-state index is 11.0. The van der Waals surface area contributed by atoms with Gasteiger partial charge in [-0.1, -0.05) is 22.9 Å². The quantitative estimate of drug-likeness (QED) is 0.863. The second-order valence-electron chi connectivity index (χ2n) is 4.04. The Morgan fingerprint density at radius 2 is 2.22 bits per heavy atom. The Morgan fingerprint density at radius 1 is 1.44 bits per heavy atom. The normalized spacial score (nSPS) is 11.9.